The van der Waals surface area contributed by atoms with Crippen molar-refractivity contribution in [2.75, 3.05) is 13.7 Å². The maximum Gasteiger partial charge on any atom is 0.254 e. The topological polar surface area (TPSA) is 51.9 Å². The molecule has 0 N–H and O–H groups in total. The first-order valence-electron chi connectivity index (χ1n) is 8.36. The van der Waals surface area contributed by atoms with Gasteiger partial charge in [0.15, 0.2) is 11.5 Å². The Labute approximate surface area is 156 Å². The summed E-state index contributed by atoms with van der Waals surface area (Å²) in [5, 5.41) is 2.00. The number of hydrogen-bond donors (Lipinski definition) is 0. The first-order valence-corrected chi connectivity index (χ1v) is 9.24. The molecule has 0 radical (unpaired) electrons. The van der Waals surface area contributed by atoms with Crippen LogP contribution in [0.3, 0.4) is 0 Å². The number of methoxy groups -OCH3 is 1. The summed E-state index contributed by atoms with van der Waals surface area (Å²) in [5.74, 6) is 1.83. The van der Waals surface area contributed by atoms with Crippen LogP contribution in [0, 0.1) is 0 Å². The number of nitrogens with zero attached hydrogens (tertiary/aromatic N) is 1. The molecule has 6 heteroatoms. The lowest BCUT2D eigenvalue weighted by Gasteiger charge is -2.22. The molecule has 0 aliphatic heterocycles. The van der Waals surface area contributed by atoms with Crippen molar-refractivity contribution in [3.63, 3.8) is 0 Å². The molecule has 0 aliphatic carbocycles. The van der Waals surface area contributed by atoms with E-state index in [1.54, 1.807) is 47.8 Å². The van der Waals surface area contributed by atoms with Crippen LogP contribution in [0.15, 0.2) is 58.5 Å². The molecule has 0 bridgehead atoms. The van der Waals surface area contributed by atoms with Crippen LogP contribution < -0.4 is 9.47 Å². The van der Waals surface area contributed by atoms with Crippen molar-refractivity contribution < 1.29 is 18.7 Å². The highest BCUT2D eigenvalue weighted by Gasteiger charge is 2.20. The highest BCUT2D eigenvalue weighted by molar-refractivity contribution is 7.09. The third kappa shape index (κ3) is 4.26. The highest BCUT2D eigenvalue weighted by Crippen LogP contribution is 2.29. The van der Waals surface area contributed by atoms with Gasteiger partial charge in [-0.05, 0) is 48.7 Å². The van der Waals surface area contributed by atoms with Crippen LogP contribution in [0.25, 0.3) is 0 Å². The van der Waals surface area contributed by atoms with Crippen LogP contribution in [0.1, 0.15) is 27.9 Å². The number of carbonyl (C=O) groups excluding carboxylic acids is 1. The SMILES string of the molecule is CCOc1ccc(C(=O)N(Cc2ccco2)Cc2cccs2)cc1OC. The van der Waals surface area contributed by atoms with Crippen LogP contribution in [0.4, 0.5) is 0 Å². The van der Waals surface area contributed by atoms with E-state index in [4.69, 9.17) is 13.9 Å². The van der Waals surface area contributed by atoms with Gasteiger partial charge in [0.25, 0.3) is 5.91 Å². The summed E-state index contributed by atoms with van der Waals surface area (Å²) in [5.41, 5.74) is 0.549. The smallest absolute Gasteiger partial charge is 0.254 e. The van der Waals surface area contributed by atoms with E-state index in [0.29, 0.717) is 36.8 Å². The van der Waals surface area contributed by atoms with E-state index >= 15 is 0 Å². The van der Waals surface area contributed by atoms with Gasteiger partial charge in [0, 0.05) is 10.4 Å². The molecule has 0 atom stereocenters. The number of furan rings is 1. The fraction of sp³-hybridized carbons (Fsp3) is 0.250. The van der Waals surface area contributed by atoms with Crippen molar-refractivity contribution in [2.24, 2.45) is 0 Å². The van der Waals surface area contributed by atoms with Crippen LogP contribution in [-0.2, 0) is 13.1 Å². The van der Waals surface area contributed by atoms with E-state index in [-0.39, 0.29) is 5.91 Å². The molecule has 1 amide bonds. The minimum absolute atomic E-state index is 0.0869. The largest absolute Gasteiger partial charge is 0.493 e. The molecule has 5 nitrogen and oxygen atoms in total. The Morgan fingerprint density at radius 2 is 2.04 bits per heavy atom. The second kappa shape index (κ2) is 8.58. The van der Waals surface area contributed by atoms with Gasteiger partial charge in [0.05, 0.1) is 33.1 Å². The molecule has 0 saturated heterocycles. The Balaban J connectivity index is 1.86. The summed E-state index contributed by atoms with van der Waals surface area (Å²) in [4.78, 5) is 16.0. The second-order valence-electron chi connectivity index (χ2n) is 5.62. The Bertz CT molecular complexity index is 791. The summed E-state index contributed by atoms with van der Waals surface area (Å²) in [6.07, 6.45) is 1.61. The van der Waals surface area contributed by atoms with E-state index in [9.17, 15) is 4.79 Å². The van der Waals surface area contributed by atoms with Crippen LogP contribution in [0.5, 0.6) is 11.5 Å². The maximum absolute atomic E-state index is 13.1. The van der Waals surface area contributed by atoms with Crippen molar-refractivity contribution in [1.29, 1.82) is 0 Å². The molecular weight excluding hydrogens is 350 g/mol. The third-order valence-electron chi connectivity index (χ3n) is 3.85. The van der Waals surface area contributed by atoms with Gasteiger partial charge < -0.3 is 18.8 Å². The van der Waals surface area contributed by atoms with Crippen LogP contribution in [-0.4, -0.2) is 24.5 Å². The number of hydrogen-bond acceptors (Lipinski definition) is 5. The van der Waals surface area contributed by atoms with Gasteiger partial charge >= 0.3 is 0 Å². The molecular formula is C20H21NO4S. The number of amides is 1. The zero-order valence-corrected chi connectivity index (χ0v) is 15.6. The predicted molar refractivity (Wildman–Crippen MR) is 101 cm³/mol. The second-order valence-corrected chi connectivity index (χ2v) is 6.65. The van der Waals surface area contributed by atoms with Crippen molar-refractivity contribution >= 4 is 17.2 Å². The summed E-state index contributed by atoms with van der Waals surface area (Å²) >= 11 is 1.62. The molecule has 3 aromatic rings. The van der Waals surface area contributed by atoms with E-state index in [0.717, 1.165) is 10.6 Å². The lowest BCUT2D eigenvalue weighted by atomic mass is 10.1. The Morgan fingerprint density at radius 1 is 1.15 bits per heavy atom. The molecule has 2 aromatic heterocycles. The Kier molecular flexibility index (Phi) is 5.96. The van der Waals surface area contributed by atoms with E-state index < -0.39 is 0 Å². The molecule has 3 rings (SSSR count). The number of benzene rings is 1. The lowest BCUT2D eigenvalue weighted by molar-refractivity contribution is 0.0719. The third-order valence-corrected chi connectivity index (χ3v) is 4.71. The van der Waals surface area contributed by atoms with E-state index in [1.807, 2.05) is 36.6 Å². The van der Waals surface area contributed by atoms with Crippen molar-refractivity contribution in [1.82, 2.24) is 4.90 Å². The first kappa shape index (κ1) is 18.1. The van der Waals surface area contributed by atoms with Gasteiger partial charge in [-0.2, -0.15) is 0 Å². The molecule has 26 heavy (non-hydrogen) atoms. The molecule has 0 fully saturated rings. The average molecular weight is 371 g/mol. The van der Waals surface area contributed by atoms with Crippen LogP contribution >= 0.6 is 11.3 Å². The standard InChI is InChI=1S/C20H21NO4S/c1-3-24-18-9-8-15(12-19(18)23-2)20(22)21(13-16-6-4-10-25-16)14-17-7-5-11-26-17/h4-12H,3,13-14H2,1-2H3. The van der Waals surface area contributed by atoms with Gasteiger partial charge in [-0.3, -0.25) is 4.79 Å². The van der Waals surface area contributed by atoms with Gasteiger partial charge in [-0.25, -0.2) is 0 Å². The molecule has 0 aliphatic rings. The van der Waals surface area contributed by atoms with Crippen molar-refractivity contribution in [3.8, 4) is 11.5 Å². The first-order chi connectivity index (χ1) is 12.7. The quantitative estimate of drug-likeness (QED) is 0.581. The number of rotatable bonds is 8. The monoisotopic (exact) mass is 371 g/mol. The predicted octanol–water partition coefficient (Wildman–Crippen LogP) is 4.59. The Hall–Kier alpha value is -2.73. The molecule has 0 saturated carbocycles. The Morgan fingerprint density at radius 3 is 2.69 bits per heavy atom. The van der Waals surface area contributed by atoms with Crippen LogP contribution in [0.2, 0.25) is 0 Å². The molecule has 0 unspecified atom stereocenters. The summed E-state index contributed by atoms with van der Waals surface area (Å²) in [6.45, 7) is 3.36. The molecule has 2 heterocycles. The number of thiophene rings is 1. The lowest BCUT2D eigenvalue weighted by Crippen LogP contribution is -2.29. The normalized spacial score (nSPS) is 10.5. The van der Waals surface area contributed by atoms with Crippen molar-refractivity contribution in [2.45, 2.75) is 20.0 Å². The fourth-order valence-electron chi connectivity index (χ4n) is 2.64. The molecule has 0 spiro atoms. The fourth-order valence-corrected chi connectivity index (χ4v) is 3.36. The summed E-state index contributed by atoms with van der Waals surface area (Å²) in [7, 11) is 1.57. The number of carbonyl (C=O) groups is 1. The zero-order valence-electron chi connectivity index (χ0n) is 14.8. The van der Waals surface area contributed by atoms with Gasteiger partial charge in [-0.15, -0.1) is 11.3 Å². The molecule has 1 aromatic carbocycles. The minimum Gasteiger partial charge on any atom is -0.493 e. The van der Waals surface area contributed by atoms with Crippen molar-refractivity contribution in [3.05, 3.63) is 70.3 Å². The summed E-state index contributed by atoms with van der Waals surface area (Å²) in [6, 6.07) is 12.9. The maximum atomic E-state index is 13.1. The van der Waals surface area contributed by atoms with Gasteiger partial charge in [0.1, 0.15) is 5.76 Å². The van der Waals surface area contributed by atoms with E-state index in [1.165, 1.54) is 0 Å². The van der Waals surface area contributed by atoms with Gasteiger partial charge in [-0.1, -0.05) is 6.07 Å². The minimum atomic E-state index is -0.0869. The average Bonchev–Trinajstić information content (AvgIpc) is 3.35. The zero-order chi connectivity index (χ0) is 18.4. The molecule has 136 valence electrons. The van der Waals surface area contributed by atoms with Gasteiger partial charge in [0.2, 0.25) is 0 Å². The summed E-state index contributed by atoms with van der Waals surface area (Å²) < 4.78 is 16.3. The highest BCUT2D eigenvalue weighted by atomic mass is 32.1. The number of ether oxygens (including phenoxy) is 2. The van der Waals surface area contributed by atoms with E-state index in [2.05, 4.69) is 0 Å².